The average molecular weight is 688 g/mol. The first-order chi connectivity index (χ1) is 26.8. The van der Waals surface area contributed by atoms with Crippen LogP contribution in [0.15, 0.2) is 224 Å². The second-order valence-corrected chi connectivity index (χ2v) is 14.1. The normalized spacial score (nSPS) is 12.6. The summed E-state index contributed by atoms with van der Waals surface area (Å²) in [4.78, 5) is 2.36. The van der Waals surface area contributed by atoms with Crippen LogP contribution in [0.2, 0.25) is 0 Å². The summed E-state index contributed by atoms with van der Waals surface area (Å²) in [7, 11) is 0. The monoisotopic (exact) mass is 687 g/mol. The topological polar surface area (TPSA) is 3.24 Å². The number of nitrogens with zero attached hydrogens (tertiary/aromatic N) is 1. The van der Waals surface area contributed by atoms with Crippen LogP contribution in [0.1, 0.15) is 22.3 Å². The van der Waals surface area contributed by atoms with Crippen LogP contribution in [0.3, 0.4) is 0 Å². The Kier molecular flexibility index (Phi) is 7.78. The molecule has 1 aliphatic rings. The fourth-order valence-corrected chi connectivity index (χ4v) is 8.73. The number of benzene rings is 9. The molecule has 0 spiro atoms. The van der Waals surface area contributed by atoms with Crippen LogP contribution in [0.5, 0.6) is 0 Å². The van der Waals surface area contributed by atoms with Gasteiger partial charge in [0.25, 0.3) is 0 Å². The summed E-state index contributed by atoms with van der Waals surface area (Å²) in [6, 6.07) is 81.9. The smallest absolute Gasteiger partial charge is 0.0713 e. The highest BCUT2D eigenvalue weighted by atomic mass is 15.1. The minimum atomic E-state index is -0.426. The molecule has 0 fully saturated rings. The molecule has 0 atom stereocenters. The molecule has 0 aliphatic heterocycles. The van der Waals surface area contributed by atoms with Gasteiger partial charge in [-0.15, -0.1) is 0 Å². The van der Waals surface area contributed by atoms with E-state index in [4.69, 9.17) is 0 Å². The summed E-state index contributed by atoms with van der Waals surface area (Å²) in [5.41, 5.74) is 15.6. The SMILES string of the molecule is c1ccc(-c2ccc3ccc(N(c4ccccc4)c4ccc(-c5cccc6c5-c5ccccc5C6(c5ccccc5)c5ccccc5)cc4)cc3c2)cc1. The zero-order chi connectivity index (χ0) is 35.9. The van der Waals surface area contributed by atoms with Gasteiger partial charge < -0.3 is 4.90 Å². The Morgan fingerprint density at radius 2 is 0.815 bits per heavy atom. The van der Waals surface area contributed by atoms with Crippen LogP contribution in [0.25, 0.3) is 44.2 Å². The van der Waals surface area contributed by atoms with E-state index in [1.54, 1.807) is 0 Å². The molecule has 1 heteroatoms. The number of hydrogen-bond donors (Lipinski definition) is 0. The van der Waals surface area contributed by atoms with E-state index in [1.165, 1.54) is 66.4 Å². The Bertz CT molecular complexity index is 2700. The molecular formula is C53H37N. The van der Waals surface area contributed by atoms with Gasteiger partial charge in [0, 0.05) is 17.1 Å². The minimum Gasteiger partial charge on any atom is -0.310 e. The lowest BCUT2D eigenvalue weighted by molar-refractivity contribution is 0.768. The van der Waals surface area contributed by atoms with Gasteiger partial charge in [0.2, 0.25) is 0 Å². The van der Waals surface area contributed by atoms with Crippen LogP contribution in [0, 0.1) is 0 Å². The predicted octanol–water partition coefficient (Wildman–Crippen LogP) is 14.0. The molecular weight excluding hydrogens is 651 g/mol. The lowest BCUT2D eigenvalue weighted by Crippen LogP contribution is -2.28. The number of hydrogen-bond acceptors (Lipinski definition) is 1. The Labute approximate surface area is 317 Å². The summed E-state index contributed by atoms with van der Waals surface area (Å²) in [5, 5.41) is 2.44. The van der Waals surface area contributed by atoms with Gasteiger partial charge >= 0.3 is 0 Å². The first-order valence-corrected chi connectivity index (χ1v) is 18.7. The maximum absolute atomic E-state index is 2.36. The van der Waals surface area contributed by atoms with Gasteiger partial charge in [0.05, 0.1) is 5.41 Å². The number of fused-ring (bicyclic) bond motifs is 4. The molecule has 0 aromatic heterocycles. The van der Waals surface area contributed by atoms with Crippen LogP contribution in [-0.4, -0.2) is 0 Å². The molecule has 9 aromatic carbocycles. The van der Waals surface area contributed by atoms with Crippen molar-refractivity contribution in [1.29, 1.82) is 0 Å². The zero-order valence-electron chi connectivity index (χ0n) is 29.8. The molecule has 0 heterocycles. The molecule has 0 amide bonds. The van der Waals surface area contributed by atoms with Gasteiger partial charge in [-0.2, -0.15) is 0 Å². The van der Waals surface area contributed by atoms with Crippen molar-refractivity contribution in [3.8, 4) is 33.4 Å². The molecule has 9 aromatic rings. The largest absolute Gasteiger partial charge is 0.310 e. The summed E-state index contributed by atoms with van der Waals surface area (Å²) < 4.78 is 0. The highest BCUT2D eigenvalue weighted by Gasteiger charge is 2.46. The van der Waals surface area contributed by atoms with Crippen molar-refractivity contribution in [2.45, 2.75) is 5.41 Å². The molecule has 0 saturated carbocycles. The van der Waals surface area contributed by atoms with Crippen LogP contribution in [-0.2, 0) is 5.41 Å². The first-order valence-electron chi connectivity index (χ1n) is 18.7. The summed E-state index contributed by atoms with van der Waals surface area (Å²) in [6.45, 7) is 0. The number of para-hydroxylation sites is 1. The Morgan fingerprint density at radius 1 is 0.296 bits per heavy atom. The Morgan fingerprint density at radius 3 is 1.52 bits per heavy atom. The third-order valence-corrected chi connectivity index (χ3v) is 11.1. The van der Waals surface area contributed by atoms with E-state index < -0.39 is 5.41 Å². The lowest BCUT2D eigenvalue weighted by Gasteiger charge is -2.34. The molecule has 1 aliphatic carbocycles. The molecule has 1 nitrogen and oxygen atoms in total. The first kappa shape index (κ1) is 31.7. The Hall–Kier alpha value is -6.96. The van der Waals surface area contributed by atoms with Crippen molar-refractivity contribution < 1.29 is 0 Å². The van der Waals surface area contributed by atoms with Crippen molar-refractivity contribution in [1.82, 2.24) is 0 Å². The molecule has 0 bridgehead atoms. The summed E-state index contributed by atoms with van der Waals surface area (Å²) in [5.74, 6) is 0. The average Bonchev–Trinajstić information content (AvgIpc) is 3.56. The molecule has 0 unspecified atom stereocenters. The van der Waals surface area contributed by atoms with E-state index in [-0.39, 0.29) is 0 Å². The van der Waals surface area contributed by atoms with Gasteiger partial charge in [-0.25, -0.2) is 0 Å². The summed E-state index contributed by atoms with van der Waals surface area (Å²) >= 11 is 0. The fourth-order valence-electron chi connectivity index (χ4n) is 8.73. The van der Waals surface area contributed by atoms with Gasteiger partial charge in [0.15, 0.2) is 0 Å². The maximum atomic E-state index is 2.36. The number of rotatable bonds is 7. The van der Waals surface area contributed by atoms with Gasteiger partial charge in [-0.05, 0) is 109 Å². The second kappa shape index (κ2) is 13.2. The third kappa shape index (κ3) is 5.17. The van der Waals surface area contributed by atoms with Gasteiger partial charge in [-0.3, -0.25) is 0 Å². The molecule has 0 radical (unpaired) electrons. The van der Waals surface area contributed by atoms with Crippen molar-refractivity contribution in [2.24, 2.45) is 0 Å². The zero-order valence-corrected chi connectivity index (χ0v) is 29.8. The van der Waals surface area contributed by atoms with E-state index in [9.17, 15) is 0 Å². The highest BCUT2D eigenvalue weighted by Crippen LogP contribution is 2.58. The van der Waals surface area contributed by atoms with Crippen LogP contribution in [0.4, 0.5) is 17.1 Å². The van der Waals surface area contributed by atoms with Crippen molar-refractivity contribution in [3.05, 3.63) is 247 Å². The molecule has 0 saturated heterocycles. The van der Waals surface area contributed by atoms with Crippen molar-refractivity contribution >= 4 is 27.8 Å². The maximum Gasteiger partial charge on any atom is 0.0713 e. The fraction of sp³-hybridized carbons (Fsp3) is 0.0189. The summed E-state index contributed by atoms with van der Waals surface area (Å²) in [6.07, 6.45) is 0. The lowest BCUT2D eigenvalue weighted by atomic mass is 9.67. The van der Waals surface area contributed by atoms with E-state index in [1.807, 2.05) is 0 Å². The molecule has 0 N–H and O–H groups in total. The molecule has 54 heavy (non-hydrogen) atoms. The molecule has 254 valence electrons. The van der Waals surface area contributed by atoms with E-state index in [0.29, 0.717) is 0 Å². The van der Waals surface area contributed by atoms with Crippen molar-refractivity contribution in [3.63, 3.8) is 0 Å². The van der Waals surface area contributed by atoms with Crippen molar-refractivity contribution in [2.75, 3.05) is 4.90 Å². The molecule has 10 rings (SSSR count). The van der Waals surface area contributed by atoms with Crippen LogP contribution >= 0.6 is 0 Å². The standard InChI is InChI=1S/C53H37N/c1-5-16-38(17-6-1)41-29-28-39-30-35-47(37-42(39)36-41)54(45-22-11-4-12-23-45)46-33-31-40(32-34-46)48-25-15-27-51-52(48)49-24-13-14-26-50(49)53(51,43-18-7-2-8-19-43)44-20-9-3-10-21-44/h1-37H. The van der Waals surface area contributed by atoms with E-state index in [2.05, 4.69) is 229 Å². The minimum absolute atomic E-state index is 0.426. The second-order valence-electron chi connectivity index (χ2n) is 14.1. The Balaban J connectivity index is 1.11. The quantitative estimate of drug-likeness (QED) is 0.161. The third-order valence-electron chi connectivity index (χ3n) is 11.1. The van der Waals surface area contributed by atoms with Gasteiger partial charge in [0.1, 0.15) is 0 Å². The number of anilines is 3. The van der Waals surface area contributed by atoms with Crippen LogP contribution < -0.4 is 4.90 Å². The van der Waals surface area contributed by atoms with E-state index >= 15 is 0 Å². The van der Waals surface area contributed by atoms with E-state index in [0.717, 1.165) is 17.1 Å². The van der Waals surface area contributed by atoms with Gasteiger partial charge in [-0.1, -0.05) is 182 Å². The highest BCUT2D eigenvalue weighted by molar-refractivity contribution is 5.96. The predicted molar refractivity (Wildman–Crippen MR) is 227 cm³/mol.